The Morgan fingerprint density at radius 3 is 3.23 bits per heavy atom. The van der Waals surface area contributed by atoms with E-state index in [0.29, 0.717) is 12.6 Å². The van der Waals surface area contributed by atoms with Gasteiger partial charge in [-0.2, -0.15) is 0 Å². The van der Waals surface area contributed by atoms with Crippen molar-refractivity contribution in [1.82, 2.24) is 5.32 Å². The molecular formula is C12H15N. The molecule has 0 heterocycles. The molecule has 1 nitrogen and oxygen atoms in total. The highest BCUT2D eigenvalue weighted by atomic mass is 14.9. The lowest BCUT2D eigenvalue weighted by Crippen LogP contribution is -2.19. The third-order valence-corrected chi connectivity index (χ3v) is 2.58. The van der Waals surface area contributed by atoms with E-state index in [2.05, 4.69) is 35.5 Å². The number of nitrogens with one attached hydrogen (secondary N) is 1. The lowest BCUT2D eigenvalue weighted by Gasteiger charge is -2.10. The minimum atomic E-state index is 0. The van der Waals surface area contributed by atoms with Crippen molar-refractivity contribution in [2.75, 3.05) is 6.54 Å². The summed E-state index contributed by atoms with van der Waals surface area (Å²) in [6.45, 7) is 0.666. The standard InChI is InChI=1S/C12H13N.H2/c1-2-9-13-12-8-7-10-5-3-4-6-11(10)12;/h1,3-6,12-13H,7-9H2;1H/t12-;/m1./s1. The minimum absolute atomic E-state index is 0. The van der Waals surface area contributed by atoms with E-state index in [-0.39, 0.29) is 1.43 Å². The van der Waals surface area contributed by atoms with Gasteiger partial charge in [0.15, 0.2) is 0 Å². The zero-order chi connectivity index (χ0) is 9.10. The van der Waals surface area contributed by atoms with E-state index in [1.54, 1.807) is 0 Å². The Balaban J connectivity index is 0.000000980. The van der Waals surface area contributed by atoms with E-state index in [1.807, 2.05) is 0 Å². The monoisotopic (exact) mass is 173 g/mol. The van der Waals surface area contributed by atoms with Crippen LogP contribution < -0.4 is 5.32 Å². The van der Waals surface area contributed by atoms with Gasteiger partial charge in [-0.05, 0) is 24.0 Å². The van der Waals surface area contributed by atoms with Gasteiger partial charge in [-0.15, -0.1) is 6.42 Å². The maximum absolute atomic E-state index is 5.21. The van der Waals surface area contributed by atoms with Gasteiger partial charge in [0.2, 0.25) is 0 Å². The second-order valence-electron chi connectivity index (χ2n) is 3.38. The Kier molecular flexibility index (Phi) is 2.33. The van der Waals surface area contributed by atoms with Crippen LogP contribution in [0.3, 0.4) is 0 Å². The molecule has 1 aliphatic carbocycles. The second-order valence-corrected chi connectivity index (χ2v) is 3.38. The number of rotatable bonds is 2. The Hall–Kier alpha value is -1.26. The van der Waals surface area contributed by atoms with Gasteiger partial charge >= 0.3 is 0 Å². The molecule has 1 N–H and O–H groups in total. The van der Waals surface area contributed by atoms with Gasteiger partial charge in [-0.25, -0.2) is 0 Å². The number of benzene rings is 1. The summed E-state index contributed by atoms with van der Waals surface area (Å²) >= 11 is 0. The molecule has 2 rings (SSSR count). The topological polar surface area (TPSA) is 12.0 Å². The summed E-state index contributed by atoms with van der Waals surface area (Å²) in [5.41, 5.74) is 2.90. The minimum Gasteiger partial charge on any atom is -0.299 e. The quantitative estimate of drug-likeness (QED) is 0.676. The average molecular weight is 173 g/mol. The molecule has 0 unspecified atom stereocenters. The highest BCUT2D eigenvalue weighted by Gasteiger charge is 2.20. The molecule has 1 aliphatic rings. The molecule has 0 spiro atoms. The smallest absolute Gasteiger partial charge is 0.0578 e. The molecule has 1 atom stereocenters. The largest absolute Gasteiger partial charge is 0.299 e. The highest BCUT2D eigenvalue weighted by Crippen LogP contribution is 2.30. The molecule has 1 aromatic carbocycles. The van der Waals surface area contributed by atoms with E-state index in [1.165, 1.54) is 24.0 Å². The molecule has 0 aromatic heterocycles. The number of hydrogen-bond acceptors (Lipinski definition) is 1. The Morgan fingerprint density at radius 2 is 2.38 bits per heavy atom. The number of fused-ring (bicyclic) bond motifs is 1. The molecule has 1 heteroatoms. The fourth-order valence-electron chi connectivity index (χ4n) is 1.95. The number of hydrogen-bond donors (Lipinski definition) is 1. The zero-order valence-corrected chi connectivity index (χ0v) is 7.59. The summed E-state index contributed by atoms with van der Waals surface area (Å²) in [7, 11) is 0. The Morgan fingerprint density at radius 1 is 1.54 bits per heavy atom. The molecule has 0 saturated carbocycles. The molecule has 13 heavy (non-hydrogen) atoms. The van der Waals surface area contributed by atoms with Crippen molar-refractivity contribution >= 4 is 0 Å². The highest BCUT2D eigenvalue weighted by molar-refractivity contribution is 5.34. The van der Waals surface area contributed by atoms with Crippen molar-refractivity contribution in [2.24, 2.45) is 0 Å². The predicted octanol–water partition coefficient (Wildman–Crippen LogP) is 2.14. The molecule has 1 aromatic rings. The van der Waals surface area contributed by atoms with Crippen LogP contribution in [0.2, 0.25) is 0 Å². The van der Waals surface area contributed by atoms with Gasteiger partial charge in [-0.3, -0.25) is 5.32 Å². The van der Waals surface area contributed by atoms with Gasteiger partial charge < -0.3 is 0 Å². The first-order chi connectivity index (χ1) is 6.42. The molecule has 0 saturated heterocycles. The fraction of sp³-hybridized carbons (Fsp3) is 0.333. The summed E-state index contributed by atoms with van der Waals surface area (Å²) in [6.07, 6.45) is 7.57. The van der Waals surface area contributed by atoms with Crippen LogP contribution >= 0.6 is 0 Å². The second kappa shape index (κ2) is 3.64. The molecule has 0 radical (unpaired) electrons. The van der Waals surface area contributed by atoms with Crippen LogP contribution in [0.15, 0.2) is 24.3 Å². The van der Waals surface area contributed by atoms with Crippen LogP contribution in [-0.4, -0.2) is 6.54 Å². The van der Waals surface area contributed by atoms with E-state index in [9.17, 15) is 0 Å². The van der Waals surface area contributed by atoms with Crippen molar-refractivity contribution in [3.05, 3.63) is 35.4 Å². The molecule has 0 aliphatic heterocycles. The number of terminal acetylenes is 1. The van der Waals surface area contributed by atoms with E-state index in [4.69, 9.17) is 6.42 Å². The van der Waals surface area contributed by atoms with Crippen molar-refractivity contribution in [3.63, 3.8) is 0 Å². The third-order valence-electron chi connectivity index (χ3n) is 2.58. The Labute approximate surface area is 80.6 Å². The third kappa shape index (κ3) is 1.59. The van der Waals surface area contributed by atoms with Gasteiger partial charge in [0, 0.05) is 7.47 Å². The van der Waals surface area contributed by atoms with Crippen LogP contribution in [0.25, 0.3) is 0 Å². The molecule has 0 bridgehead atoms. The maximum Gasteiger partial charge on any atom is 0.0578 e. The molecule has 68 valence electrons. The van der Waals surface area contributed by atoms with Gasteiger partial charge in [0.25, 0.3) is 0 Å². The fourth-order valence-corrected chi connectivity index (χ4v) is 1.95. The first kappa shape index (κ1) is 8.34. The number of aryl methyl sites for hydroxylation is 1. The Bertz CT molecular complexity index is 340. The van der Waals surface area contributed by atoms with Crippen molar-refractivity contribution in [2.45, 2.75) is 18.9 Å². The van der Waals surface area contributed by atoms with E-state index in [0.717, 1.165) is 0 Å². The van der Waals surface area contributed by atoms with E-state index >= 15 is 0 Å². The first-order valence-corrected chi connectivity index (χ1v) is 4.66. The summed E-state index contributed by atoms with van der Waals surface area (Å²) < 4.78 is 0. The molecular weight excluding hydrogens is 158 g/mol. The summed E-state index contributed by atoms with van der Waals surface area (Å²) in [5, 5.41) is 3.35. The van der Waals surface area contributed by atoms with E-state index < -0.39 is 0 Å². The molecule has 0 amide bonds. The van der Waals surface area contributed by atoms with Crippen LogP contribution in [0.1, 0.15) is 25.0 Å². The summed E-state index contributed by atoms with van der Waals surface area (Å²) in [4.78, 5) is 0. The summed E-state index contributed by atoms with van der Waals surface area (Å²) in [5.74, 6) is 2.61. The average Bonchev–Trinajstić information content (AvgIpc) is 2.58. The molecule has 0 fully saturated rings. The van der Waals surface area contributed by atoms with Gasteiger partial charge in [-0.1, -0.05) is 30.2 Å². The van der Waals surface area contributed by atoms with Gasteiger partial charge in [0.05, 0.1) is 6.54 Å². The summed E-state index contributed by atoms with van der Waals surface area (Å²) in [6, 6.07) is 9.06. The lowest BCUT2D eigenvalue weighted by molar-refractivity contribution is 0.568. The van der Waals surface area contributed by atoms with Crippen molar-refractivity contribution < 1.29 is 1.43 Å². The zero-order valence-electron chi connectivity index (χ0n) is 7.59. The van der Waals surface area contributed by atoms with Crippen LogP contribution in [0.4, 0.5) is 0 Å². The first-order valence-electron chi connectivity index (χ1n) is 4.66. The van der Waals surface area contributed by atoms with Crippen molar-refractivity contribution in [3.8, 4) is 12.3 Å². The predicted molar refractivity (Wildman–Crippen MR) is 56.5 cm³/mol. The van der Waals surface area contributed by atoms with Crippen LogP contribution in [0, 0.1) is 12.3 Å². The maximum atomic E-state index is 5.21. The van der Waals surface area contributed by atoms with Crippen molar-refractivity contribution in [1.29, 1.82) is 0 Å². The lowest BCUT2D eigenvalue weighted by atomic mass is 10.1. The normalized spacial score (nSPS) is 19.5. The SMILES string of the molecule is C#CCN[C@@H]1CCc2ccccc21.[HH]. The van der Waals surface area contributed by atoms with Crippen LogP contribution in [-0.2, 0) is 6.42 Å². The van der Waals surface area contributed by atoms with Gasteiger partial charge in [0.1, 0.15) is 0 Å². The van der Waals surface area contributed by atoms with Crippen LogP contribution in [0.5, 0.6) is 0 Å².